The fourth-order valence-electron chi connectivity index (χ4n) is 6.02. The van der Waals surface area contributed by atoms with Crippen LogP contribution >= 0.6 is 0 Å². The number of aryl methyl sites for hydroxylation is 2. The van der Waals surface area contributed by atoms with E-state index >= 15 is 0 Å². The molecule has 0 unspecified atom stereocenters. The summed E-state index contributed by atoms with van der Waals surface area (Å²) in [5, 5.41) is 13.8. The summed E-state index contributed by atoms with van der Waals surface area (Å²) in [5.41, 5.74) is 7.83. The first-order valence-corrected chi connectivity index (χ1v) is 14.5. The zero-order chi connectivity index (χ0) is 29.2. The number of hydrogen-bond acceptors (Lipinski definition) is 7. The lowest BCUT2D eigenvalue weighted by molar-refractivity contribution is 0.0325. The third-order valence-corrected chi connectivity index (χ3v) is 8.13. The third kappa shape index (κ3) is 5.49. The average Bonchev–Trinajstić information content (AvgIpc) is 3.62. The summed E-state index contributed by atoms with van der Waals surface area (Å²) in [5.74, 6) is 0.270. The molecule has 2 aliphatic rings. The quantitative estimate of drug-likeness (QED) is 0.274. The van der Waals surface area contributed by atoms with Gasteiger partial charge in [0.25, 0.3) is 0 Å². The van der Waals surface area contributed by atoms with Crippen LogP contribution < -0.4 is 9.47 Å². The number of aromatic nitrogens is 3. The van der Waals surface area contributed by atoms with E-state index in [2.05, 4.69) is 29.1 Å². The molecule has 0 radical (unpaired) electrons. The molecule has 0 saturated carbocycles. The van der Waals surface area contributed by atoms with Gasteiger partial charge in [-0.1, -0.05) is 30.3 Å². The Kier molecular flexibility index (Phi) is 7.95. The Bertz CT molecular complexity index is 1610. The summed E-state index contributed by atoms with van der Waals surface area (Å²) < 4.78 is 19.1. The molecule has 9 nitrogen and oxygen atoms in total. The van der Waals surface area contributed by atoms with Crippen molar-refractivity contribution in [3.63, 3.8) is 0 Å². The van der Waals surface area contributed by atoms with E-state index in [1.165, 1.54) is 27.6 Å². The lowest BCUT2D eigenvalue weighted by atomic mass is 10.0. The number of aromatic carboxylic acids is 1. The van der Waals surface area contributed by atoms with Gasteiger partial charge in [0.05, 0.1) is 18.5 Å². The van der Waals surface area contributed by atoms with E-state index in [1.807, 2.05) is 37.3 Å². The summed E-state index contributed by atoms with van der Waals surface area (Å²) in [6.07, 6.45) is 3.48. The first kappa shape index (κ1) is 27.9. The molecule has 0 bridgehead atoms. The zero-order valence-corrected chi connectivity index (χ0v) is 24.3. The molecule has 4 heterocycles. The molecule has 9 heteroatoms. The SMILES string of the molecule is CCOc1c(C(=O)O)cnn1-c1cccc(-c2cccc(C)c2OCc2cc(C)c3c(c2)CN(C2CCOCC2)C3)n1. The Labute approximate surface area is 245 Å². The molecular weight excluding hydrogens is 532 g/mol. The van der Waals surface area contributed by atoms with Crippen molar-refractivity contribution in [3.05, 3.63) is 88.1 Å². The molecule has 2 aliphatic heterocycles. The van der Waals surface area contributed by atoms with Gasteiger partial charge in [0.15, 0.2) is 5.82 Å². The molecule has 0 spiro atoms. The van der Waals surface area contributed by atoms with E-state index in [-0.39, 0.29) is 11.4 Å². The fraction of sp³-hybridized carbons (Fsp3) is 0.364. The van der Waals surface area contributed by atoms with Crippen molar-refractivity contribution in [2.24, 2.45) is 0 Å². The second-order valence-electron chi connectivity index (χ2n) is 10.9. The second kappa shape index (κ2) is 12.0. The molecule has 2 aromatic heterocycles. The number of benzene rings is 2. The van der Waals surface area contributed by atoms with Crippen molar-refractivity contribution in [1.29, 1.82) is 0 Å². The largest absolute Gasteiger partial charge is 0.488 e. The van der Waals surface area contributed by atoms with Crippen LogP contribution in [0.3, 0.4) is 0 Å². The van der Waals surface area contributed by atoms with E-state index in [9.17, 15) is 9.90 Å². The third-order valence-electron chi connectivity index (χ3n) is 8.13. The van der Waals surface area contributed by atoms with Crippen molar-refractivity contribution in [1.82, 2.24) is 19.7 Å². The van der Waals surface area contributed by atoms with Crippen molar-refractivity contribution in [2.75, 3.05) is 19.8 Å². The van der Waals surface area contributed by atoms with Crippen molar-refractivity contribution in [2.45, 2.75) is 59.4 Å². The number of pyridine rings is 1. The molecule has 4 aromatic rings. The molecule has 0 atom stereocenters. The fourth-order valence-corrected chi connectivity index (χ4v) is 6.02. The average molecular weight is 569 g/mol. The minimum Gasteiger partial charge on any atom is -0.488 e. The van der Waals surface area contributed by atoms with Crippen LogP contribution in [-0.4, -0.2) is 56.6 Å². The van der Waals surface area contributed by atoms with Crippen LogP contribution in [0.4, 0.5) is 0 Å². The molecule has 0 aliphatic carbocycles. The van der Waals surface area contributed by atoms with Crippen LogP contribution in [-0.2, 0) is 24.4 Å². The molecule has 1 saturated heterocycles. The van der Waals surface area contributed by atoms with Gasteiger partial charge in [0, 0.05) is 37.9 Å². The minimum atomic E-state index is -1.10. The molecule has 1 fully saturated rings. The summed E-state index contributed by atoms with van der Waals surface area (Å²) in [6, 6.07) is 16.7. The highest BCUT2D eigenvalue weighted by Gasteiger charge is 2.28. The highest BCUT2D eigenvalue weighted by atomic mass is 16.5. The summed E-state index contributed by atoms with van der Waals surface area (Å²) in [6.45, 7) is 10.5. The number of carboxylic acid groups (broad SMARTS) is 1. The van der Waals surface area contributed by atoms with Crippen LogP contribution in [0.25, 0.3) is 17.1 Å². The molecular formula is C33H36N4O5. The molecule has 1 N–H and O–H groups in total. The van der Waals surface area contributed by atoms with E-state index in [0.29, 0.717) is 30.8 Å². The highest BCUT2D eigenvalue weighted by molar-refractivity contribution is 5.90. The van der Waals surface area contributed by atoms with Gasteiger partial charge in [0.2, 0.25) is 5.88 Å². The Morgan fingerprint density at radius 1 is 1.05 bits per heavy atom. The first-order valence-electron chi connectivity index (χ1n) is 14.5. The molecule has 42 heavy (non-hydrogen) atoms. The van der Waals surface area contributed by atoms with Crippen molar-refractivity contribution in [3.8, 4) is 28.7 Å². The molecule has 6 rings (SSSR count). The predicted molar refractivity (Wildman–Crippen MR) is 158 cm³/mol. The number of nitrogens with zero attached hydrogens (tertiary/aromatic N) is 4. The van der Waals surface area contributed by atoms with Gasteiger partial charge in [0.1, 0.15) is 17.9 Å². The summed E-state index contributed by atoms with van der Waals surface area (Å²) >= 11 is 0. The lowest BCUT2D eigenvalue weighted by Gasteiger charge is -2.30. The summed E-state index contributed by atoms with van der Waals surface area (Å²) in [4.78, 5) is 19.1. The maximum absolute atomic E-state index is 11.7. The number of carbonyl (C=O) groups is 1. The van der Waals surface area contributed by atoms with Gasteiger partial charge in [-0.2, -0.15) is 9.78 Å². The topological polar surface area (TPSA) is 98.9 Å². The van der Waals surface area contributed by atoms with Crippen LogP contribution in [0.5, 0.6) is 11.6 Å². The minimum absolute atomic E-state index is 0.0100. The molecule has 0 amide bonds. The van der Waals surface area contributed by atoms with Gasteiger partial charge in [-0.05, 0) is 79.6 Å². The van der Waals surface area contributed by atoms with Crippen molar-refractivity contribution < 1.29 is 24.1 Å². The maximum Gasteiger partial charge on any atom is 0.342 e. The highest BCUT2D eigenvalue weighted by Crippen LogP contribution is 2.35. The first-order chi connectivity index (χ1) is 20.4. The second-order valence-corrected chi connectivity index (χ2v) is 10.9. The standard InChI is InChI=1S/C33H36N4O5/c1-4-41-32-27(33(38)39)17-34-37(32)30-10-6-9-29(35-30)26-8-5-7-21(2)31(26)42-20-23-15-22(3)28-19-36(18-24(28)16-23)25-11-13-40-14-12-25/h5-10,15-17,25H,4,11-14,18-20H2,1-3H3,(H,38,39). The monoisotopic (exact) mass is 568 g/mol. The predicted octanol–water partition coefficient (Wildman–Crippen LogP) is 5.72. The lowest BCUT2D eigenvalue weighted by Crippen LogP contribution is -2.35. The maximum atomic E-state index is 11.7. The Morgan fingerprint density at radius 3 is 2.64 bits per heavy atom. The van der Waals surface area contributed by atoms with E-state index in [0.717, 1.165) is 61.6 Å². The van der Waals surface area contributed by atoms with Gasteiger partial charge < -0.3 is 19.3 Å². The van der Waals surface area contributed by atoms with E-state index in [4.69, 9.17) is 19.2 Å². The van der Waals surface area contributed by atoms with Crippen LogP contribution in [0, 0.1) is 13.8 Å². The Hall–Kier alpha value is -4.21. The molecule has 218 valence electrons. The summed E-state index contributed by atoms with van der Waals surface area (Å²) in [7, 11) is 0. The number of hydrogen-bond donors (Lipinski definition) is 1. The number of rotatable bonds is 9. The van der Waals surface area contributed by atoms with Gasteiger partial charge in [-0.15, -0.1) is 0 Å². The smallest absolute Gasteiger partial charge is 0.342 e. The van der Waals surface area contributed by atoms with Crippen LogP contribution in [0.2, 0.25) is 0 Å². The van der Waals surface area contributed by atoms with E-state index in [1.54, 1.807) is 13.0 Å². The van der Waals surface area contributed by atoms with Gasteiger partial charge in [-0.3, -0.25) is 4.90 Å². The van der Waals surface area contributed by atoms with Crippen LogP contribution in [0.1, 0.15) is 57.9 Å². The van der Waals surface area contributed by atoms with Crippen molar-refractivity contribution >= 4 is 5.97 Å². The van der Waals surface area contributed by atoms with Gasteiger partial charge >= 0.3 is 5.97 Å². The van der Waals surface area contributed by atoms with E-state index < -0.39 is 5.97 Å². The Balaban J connectivity index is 1.25. The van der Waals surface area contributed by atoms with Crippen LogP contribution in [0.15, 0.2) is 54.7 Å². The number of fused-ring (bicyclic) bond motifs is 1. The van der Waals surface area contributed by atoms with Gasteiger partial charge in [-0.25, -0.2) is 9.78 Å². The number of para-hydroxylation sites is 1. The number of ether oxygens (including phenoxy) is 3. The Morgan fingerprint density at radius 2 is 1.86 bits per heavy atom. The molecule has 2 aromatic carbocycles. The normalized spacial score (nSPS) is 15.5. The number of carboxylic acids is 1. The zero-order valence-electron chi connectivity index (χ0n) is 24.3.